The SMILES string of the molecule is Brc1ccccc1.c1ccc(N2CCCCC2)cc1. The van der Waals surface area contributed by atoms with Crippen LogP contribution in [0.4, 0.5) is 5.69 Å². The van der Waals surface area contributed by atoms with Gasteiger partial charge in [0.15, 0.2) is 0 Å². The Bertz CT molecular complexity index is 449. The molecule has 19 heavy (non-hydrogen) atoms. The monoisotopic (exact) mass is 317 g/mol. The molecular formula is C17H20BrN. The van der Waals surface area contributed by atoms with Crippen LogP contribution in [-0.2, 0) is 0 Å². The van der Waals surface area contributed by atoms with Gasteiger partial charge in [-0.2, -0.15) is 0 Å². The Labute approximate surface area is 124 Å². The Hall–Kier alpha value is -1.28. The largest absolute Gasteiger partial charge is 0.372 e. The Morgan fingerprint density at radius 1 is 0.684 bits per heavy atom. The van der Waals surface area contributed by atoms with Crippen LogP contribution < -0.4 is 4.90 Å². The number of halogens is 1. The van der Waals surface area contributed by atoms with Crippen LogP contribution in [0.25, 0.3) is 0 Å². The highest BCUT2D eigenvalue weighted by molar-refractivity contribution is 9.10. The standard InChI is InChI=1S/C11H15N.C6H5Br/c1-3-7-11(8-4-1)12-9-5-2-6-10-12;7-6-4-2-1-3-5-6/h1,3-4,7-8H,2,5-6,9-10H2;1-5H. The van der Waals surface area contributed by atoms with Gasteiger partial charge in [0, 0.05) is 23.2 Å². The lowest BCUT2D eigenvalue weighted by molar-refractivity contribution is 0.578. The summed E-state index contributed by atoms with van der Waals surface area (Å²) in [5.41, 5.74) is 1.39. The van der Waals surface area contributed by atoms with Crippen molar-refractivity contribution in [3.8, 4) is 0 Å². The Kier molecular flexibility index (Phi) is 5.96. The third-order valence-corrected chi connectivity index (χ3v) is 3.74. The normalized spacial score (nSPS) is 14.5. The van der Waals surface area contributed by atoms with Crippen molar-refractivity contribution in [1.82, 2.24) is 0 Å². The molecule has 0 atom stereocenters. The van der Waals surface area contributed by atoms with Crippen LogP contribution in [0.15, 0.2) is 65.1 Å². The molecule has 2 aromatic carbocycles. The first-order chi connectivity index (χ1) is 9.36. The summed E-state index contributed by atoms with van der Waals surface area (Å²) < 4.78 is 1.13. The Morgan fingerprint density at radius 3 is 1.68 bits per heavy atom. The maximum atomic E-state index is 3.31. The van der Waals surface area contributed by atoms with E-state index in [0.717, 1.165) is 4.47 Å². The van der Waals surface area contributed by atoms with Crippen molar-refractivity contribution in [3.05, 3.63) is 65.1 Å². The fraction of sp³-hybridized carbons (Fsp3) is 0.294. The number of hydrogen-bond donors (Lipinski definition) is 0. The third kappa shape index (κ3) is 5.07. The summed E-state index contributed by atoms with van der Waals surface area (Å²) in [6, 6.07) is 20.7. The van der Waals surface area contributed by atoms with Crippen molar-refractivity contribution in [3.63, 3.8) is 0 Å². The van der Waals surface area contributed by atoms with E-state index in [1.807, 2.05) is 30.3 Å². The molecule has 1 aliphatic heterocycles. The van der Waals surface area contributed by atoms with Crippen molar-refractivity contribution < 1.29 is 0 Å². The number of nitrogens with zero attached hydrogens (tertiary/aromatic N) is 1. The lowest BCUT2D eigenvalue weighted by atomic mass is 10.1. The molecule has 1 nitrogen and oxygen atoms in total. The average molecular weight is 318 g/mol. The Morgan fingerprint density at radius 2 is 1.21 bits per heavy atom. The van der Waals surface area contributed by atoms with Gasteiger partial charge in [-0.25, -0.2) is 0 Å². The van der Waals surface area contributed by atoms with Crippen molar-refractivity contribution in [2.24, 2.45) is 0 Å². The first-order valence-corrected chi connectivity index (χ1v) is 7.66. The molecule has 1 saturated heterocycles. The highest BCUT2D eigenvalue weighted by Crippen LogP contribution is 2.18. The molecule has 1 fully saturated rings. The first kappa shape index (κ1) is 14.1. The molecule has 0 unspecified atom stereocenters. The molecule has 0 aromatic heterocycles. The van der Waals surface area contributed by atoms with Crippen molar-refractivity contribution in [1.29, 1.82) is 0 Å². The lowest BCUT2D eigenvalue weighted by Crippen LogP contribution is -2.29. The molecule has 2 heteroatoms. The first-order valence-electron chi connectivity index (χ1n) is 6.87. The zero-order valence-electron chi connectivity index (χ0n) is 11.1. The van der Waals surface area contributed by atoms with Gasteiger partial charge in [-0.3, -0.25) is 0 Å². The molecule has 0 bridgehead atoms. The fourth-order valence-corrected chi connectivity index (χ4v) is 2.51. The van der Waals surface area contributed by atoms with Gasteiger partial charge in [0.25, 0.3) is 0 Å². The fourth-order valence-electron chi connectivity index (χ4n) is 2.21. The van der Waals surface area contributed by atoms with E-state index in [4.69, 9.17) is 0 Å². The molecule has 1 aliphatic rings. The molecule has 0 radical (unpaired) electrons. The van der Waals surface area contributed by atoms with E-state index >= 15 is 0 Å². The van der Waals surface area contributed by atoms with E-state index in [9.17, 15) is 0 Å². The van der Waals surface area contributed by atoms with Crippen molar-refractivity contribution in [2.45, 2.75) is 19.3 Å². The molecule has 0 spiro atoms. The predicted octanol–water partition coefficient (Wildman–Crippen LogP) is 5.13. The molecule has 2 aromatic rings. The van der Waals surface area contributed by atoms with Gasteiger partial charge in [-0.1, -0.05) is 52.3 Å². The molecule has 0 N–H and O–H groups in total. The second-order valence-electron chi connectivity index (χ2n) is 4.68. The van der Waals surface area contributed by atoms with Crippen LogP contribution in [0.3, 0.4) is 0 Å². The topological polar surface area (TPSA) is 3.24 Å². The van der Waals surface area contributed by atoms with Gasteiger partial charge in [0.2, 0.25) is 0 Å². The predicted molar refractivity (Wildman–Crippen MR) is 86.6 cm³/mol. The van der Waals surface area contributed by atoms with E-state index in [0.29, 0.717) is 0 Å². The van der Waals surface area contributed by atoms with Crippen LogP contribution in [0.5, 0.6) is 0 Å². The number of hydrogen-bond acceptors (Lipinski definition) is 1. The lowest BCUT2D eigenvalue weighted by Gasteiger charge is -2.28. The van der Waals surface area contributed by atoms with Crippen LogP contribution >= 0.6 is 15.9 Å². The van der Waals surface area contributed by atoms with Gasteiger partial charge >= 0.3 is 0 Å². The second kappa shape index (κ2) is 8.00. The molecular weight excluding hydrogens is 298 g/mol. The molecule has 1 heterocycles. The van der Waals surface area contributed by atoms with Gasteiger partial charge < -0.3 is 4.90 Å². The summed E-state index contributed by atoms with van der Waals surface area (Å²) in [6.07, 6.45) is 4.12. The quantitative estimate of drug-likeness (QED) is 0.705. The van der Waals surface area contributed by atoms with Crippen LogP contribution in [0.1, 0.15) is 19.3 Å². The summed E-state index contributed by atoms with van der Waals surface area (Å²) in [4.78, 5) is 2.48. The third-order valence-electron chi connectivity index (χ3n) is 3.21. The van der Waals surface area contributed by atoms with Gasteiger partial charge in [0.05, 0.1) is 0 Å². The number of anilines is 1. The molecule has 3 rings (SSSR count). The minimum absolute atomic E-state index is 1.13. The van der Waals surface area contributed by atoms with Gasteiger partial charge in [-0.05, 0) is 43.5 Å². The van der Waals surface area contributed by atoms with Crippen LogP contribution in [-0.4, -0.2) is 13.1 Å². The molecule has 0 saturated carbocycles. The smallest absolute Gasteiger partial charge is 0.0366 e. The summed E-state index contributed by atoms with van der Waals surface area (Å²) in [5, 5.41) is 0. The van der Waals surface area contributed by atoms with E-state index in [2.05, 4.69) is 51.2 Å². The zero-order chi connectivity index (χ0) is 13.3. The summed E-state index contributed by atoms with van der Waals surface area (Å²) >= 11 is 3.31. The second-order valence-corrected chi connectivity index (χ2v) is 5.59. The minimum atomic E-state index is 1.13. The van der Waals surface area contributed by atoms with Crippen molar-refractivity contribution >= 4 is 21.6 Å². The minimum Gasteiger partial charge on any atom is -0.372 e. The maximum absolute atomic E-state index is 3.31. The van der Waals surface area contributed by atoms with E-state index < -0.39 is 0 Å². The van der Waals surface area contributed by atoms with Gasteiger partial charge in [-0.15, -0.1) is 0 Å². The van der Waals surface area contributed by atoms with Crippen LogP contribution in [0, 0.1) is 0 Å². The van der Waals surface area contributed by atoms with Gasteiger partial charge in [0.1, 0.15) is 0 Å². The van der Waals surface area contributed by atoms with E-state index in [1.54, 1.807) is 0 Å². The number of rotatable bonds is 1. The summed E-state index contributed by atoms with van der Waals surface area (Å²) in [6.45, 7) is 2.48. The summed E-state index contributed by atoms with van der Waals surface area (Å²) in [7, 11) is 0. The molecule has 0 aliphatic carbocycles. The van der Waals surface area contributed by atoms with Crippen LogP contribution in [0.2, 0.25) is 0 Å². The summed E-state index contributed by atoms with van der Waals surface area (Å²) in [5.74, 6) is 0. The highest BCUT2D eigenvalue weighted by atomic mass is 79.9. The van der Waals surface area contributed by atoms with E-state index in [1.165, 1.54) is 38.0 Å². The number of piperidine rings is 1. The average Bonchev–Trinajstić information content (AvgIpc) is 2.51. The number of para-hydroxylation sites is 1. The molecule has 0 amide bonds. The Balaban J connectivity index is 0.000000163. The maximum Gasteiger partial charge on any atom is 0.0366 e. The van der Waals surface area contributed by atoms with Crippen molar-refractivity contribution in [2.75, 3.05) is 18.0 Å². The molecule has 100 valence electrons. The van der Waals surface area contributed by atoms with E-state index in [-0.39, 0.29) is 0 Å². The number of benzene rings is 2. The highest BCUT2D eigenvalue weighted by Gasteiger charge is 2.09. The zero-order valence-corrected chi connectivity index (χ0v) is 12.7.